The Kier molecular flexibility index (Phi) is 5.04. The van der Waals surface area contributed by atoms with E-state index in [1.54, 1.807) is 6.92 Å². The molecule has 19 heavy (non-hydrogen) atoms. The molecule has 0 amide bonds. The second-order valence-electron chi connectivity index (χ2n) is 5.25. The number of rotatable bonds is 5. The van der Waals surface area contributed by atoms with Crippen LogP contribution in [0.4, 0.5) is 0 Å². The van der Waals surface area contributed by atoms with Crippen LogP contribution in [0.25, 0.3) is 0 Å². The van der Waals surface area contributed by atoms with Gasteiger partial charge in [-0.1, -0.05) is 6.92 Å². The molecule has 1 aromatic rings. The predicted octanol–water partition coefficient (Wildman–Crippen LogP) is 1.34. The molecule has 0 aromatic carbocycles. The van der Waals surface area contributed by atoms with E-state index in [1.807, 2.05) is 13.8 Å². The van der Waals surface area contributed by atoms with Crippen LogP contribution in [0.15, 0.2) is 0 Å². The lowest BCUT2D eigenvalue weighted by Crippen LogP contribution is -2.18. The van der Waals surface area contributed by atoms with Gasteiger partial charge in [0.15, 0.2) is 9.84 Å². The lowest BCUT2D eigenvalue weighted by Gasteiger charge is -2.16. The molecule has 1 heterocycles. The van der Waals surface area contributed by atoms with Crippen molar-refractivity contribution in [2.45, 2.75) is 39.4 Å². The molecule has 2 atom stereocenters. The van der Waals surface area contributed by atoms with Gasteiger partial charge < -0.3 is 5.73 Å². The van der Waals surface area contributed by atoms with Crippen LogP contribution >= 0.6 is 0 Å². The van der Waals surface area contributed by atoms with Crippen LogP contribution in [-0.2, 0) is 16.3 Å². The molecule has 1 aromatic heterocycles. The molecule has 0 aliphatic carbocycles. The van der Waals surface area contributed by atoms with E-state index in [9.17, 15) is 8.42 Å². The minimum atomic E-state index is -3.17. The third-order valence-corrected chi connectivity index (χ3v) is 4.89. The third kappa shape index (κ3) is 3.98. The van der Waals surface area contributed by atoms with Gasteiger partial charge in [0, 0.05) is 17.6 Å². The van der Waals surface area contributed by atoms with Gasteiger partial charge in [-0.2, -0.15) is 0 Å². The van der Waals surface area contributed by atoms with E-state index >= 15 is 0 Å². The standard InChI is InChI=1S/C13H23N3O2S/c1-8(7-14)6-12-9(2)15-13(16-10(12)3)11(4)19(5,17)18/h8,11H,6-7,14H2,1-5H3. The molecule has 2 N–H and O–H groups in total. The molecule has 0 bridgehead atoms. The van der Waals surface area contributed by atoms with Gasteiger partial charge in [0.2, 0.25) is 0 Å². The summed E-state index contributed by atoms with van der Waals surface area (Å²) in [6.07, 6.45) is 2.03. The van der Waals surface area contributed by atoms with E-state index in [-0.39, 0.29) is 0 Å². The smallest absolute Gasteiger partial charge is 0.157 e. The number of nitrogens with two attached hydrogens (primary N) is 1. The molecule has 6 heteroatoms. The molecule has 0 aliphatic heterocycles. The number of hydrogen-bond donors (Lipinski definition) is 1. The summed E-state index contributed by atoms with van der Waals surface area (Å²) >= 11 is 0. The Morgan fingerprint density at radius 1 is 1.16 bits per heavy atom. The van der Waals surface area contributed by atoms with Crippen molar-refractivity contribution in [3.8, 4) is 0 Å². The van der Waals surface area contributed by atoms with Crippen molar-refractivity contribution in [1.82, 2.24) is 9.97 Å². The first-order valence-corrected chi connectivity index (χ1v) is 8.35. The zero-order valence-electron chi connectivity index (χ0n) is 12.3. The monoisotopic (exact) mass is 285 g/mol. The van der Waals surface area contributed by atoms with Gasteiger partial charge in [-0.05, 0) is 45.2 Å². The van der Waals surface area contributed by atoms with Crippen LogP contribution in [0.1, 0.15) is 41.9 Å². The van der Waals surface area contributed by atoms with Crippen molar-refractivity contribution in [1.29, 1.82) is 0 Å². The van der Waals surface area contributed by atoms with Gasteiger partial charge in [-0.15, -0.1) is 0 Å². The SMILES string of the molecule is Cc1nc(C(C)S(C)(=O)=O)nc(C)c1CC(C)CN. The molecule has 1 rings (SSSR count). The molecule has 0 saturated heterocycles. The highest BCUT2D eigenvalue weighted by atomic mass is 32.2. The van der Waals surface area contributed by atoms with Crippen LogP contribution in [-0.4, -0.2) is 31.2 Å². The zero-order chi connectivity index (χ0) is 14.8. The molecular weight excluding hydrogens is 262 g/mol. The highest BCUT2D eigenvalue weighted by Gasteiger charge is 2.22. The first kappa shape index (κ1) is 16.0. The van der Waals surface area contributed by atoms with Gasteiger partial charge in [-0.3, -0.25) is 0 Å². The summed E-state index contributed by atoms with van der Waals surface area (Å²) in [5.74, 6) is 0.737. The van der Waals surface area contributed by atoms with E-state index in [2.05, 4.69) is 16.9 Å². The van der Waals surface area contributed by atoms with Crippen LogP contribution in [0, 0.1) is 19.8 Å². The van der Waals surface area contributed by atoms with Gasteiger partial charge in [0.1, 0.15) is 11.1 Å². The molecule has 108 valence electrons. The number of nitrogens with zero attached hydrogens (tertiary/aromatic N) is 2. The van der Waals surface area contributed by atoms with Crippen LogP contribution in [0.5, 0.6) is 0 Å². The Morgan fingerprint density at radius 2 is 1.63 bits per heavy atom. The zero-order valence-corrected chi connectivity index (χ0v) is 13.1. The Hall–Kier alpha value is -1.01. The largest absolute Gasteiger partial charge is 0.330 e. The van der Waals surface area contributed by atoms with Gasteiger partial charge in [0.25, 0.3) is 0 Å². The lowest BCUT2D eigenvalue weighted by molar-refractivity contribution is 0.579. The van der Waals surface area contributed by atoms with Gasteiger partial charge in [-0.25, -0.2) is 18.4 Å². The number of aryl methyl sites for hydroxylation is 2. The fourth-order valence-electron chi connectivity index (χ4n) is 1.87. The normalized spacial score (nSPS) is 15.3. The van der Waals surface area contributed by atoms with E-state index < -0.39 is 15.1 Å². The molecule has 0 radical (unpaired) electrons. The molecular formula is C13H23N3O2S. The topological polar surface area (TPSA) is 85.9 Å². The Balaban J connectivity index is 3.17. The molecule has 2 unspecified atom stereocenters. The average Bonchev–Trinajstić information content (AvgIpc) is 2.31. The molecule has 0 fully saturated rings. The summed E-state index contributed by atoms with van der Waals surface area (Å²) in [5.41, 5.74) is 8.40. The molecule has 0 saturated carbocycles. The summed E-state index contributed by atoms with van der Waals surface area (Å²) in [4.78, 5) is 8.71. The minimum Gasteiger partial charge on any atom is -0.330 e. The summed E-state index contributed by atoms with van der Waals surface area (Å²) in [6, 6.07) is 0. The Morgan fingerprint density at radius 3 is 2.00 bits per heavy atom. The summed E-state index contributed by atoms with van der Waals surface area (Å²) < 4.78 is 23.1. The molecule has 0 spiro atoms. The van der Waals surface area contributed by atoms with Crippen LogP contribution in [0.3, 0.4) is 0 Å². The first-order valence-electron chi connectivity index (χ1n) is 6.39. The summed E-state index contributed by atoms with van der Waals surface area (Å²) in [5, 5.41) is -0.675. The van der Waals surface area contributed by atoms with Gasteiger partial charge >= 0.3 is 0 Å². The Bertz CT molecular complexity index is 532. The minimum absolute atomic E-state index is 0.360. The van der Waals surface area contributed by atoms with Crippen LogP contribution < -0.4 is 5.73 Å². The first-order chi connectivity index (χ1) is 8.66. The van der Waals surface area contributed by atoms with E-state index in [0.717, 1.165) is 23.4 Å². The van der Waals surface area contributed by atoms with Gasteiger partial charge in [0.05, 0.1) is 0 Å². The van der Waals surface area contributed by atoms with Crippen molar-refractivity contribution in [3.05, 3.63) is 22.8 Å². The quantitative estimate of drug-likeness (QED) is 0.882. The predicted molar refractivity (Wildman–Crippen MR) is 76.7 cm³/mol. The molecule has 5 nitrogen and oxygen atoms in total. The maximum absolute atomic E-state index is 11.6. The van der Waals surface area contributed by atoms with Crippen molar-refractivity contribution in [3.63, 3.8) is 0 Å². The molecule has 0 aliphatic rings. The van der Waals surface area contributed by atoms with Crippen molar-refractivity contribution in [2.24, 2.45) is 11.7 Å². The highest BCUT2D eigenvalue weighted by molar-refractivity contribution is 7.90. The van der Waals surface area contributed by atoms with E-state index in [1.165, 1.54) is 6.26 Å². The second-order valence-corrected chi connectivity index (χ2v) is 7.61. The van der Waals surface area contributed by atoms with Crippen LogP contribution in [0.2, 0.25) is 0 Å². The maximum atomic E-state index is 11.6. The fourth-order valence-corrected chi connectivity index (χ4v) is 2.35. The number of sulfone groups is 1. The number of hydrogen-bond acceptors (Lipinski definition) is 5. The van der Waals surface area contributed by atoms with E-state index in [0.29, 0.717) is 18.3 Å². The summed E-state index contributed by atoms with van der Waals surface area (Å²) in [6.45, 7) is 8.09. The van der Waals surface area contributed by atoms with E-state index in [4.69, 9.17) is 5.73 Å². The maximum Gasteiger partial charge on any atom is 0.157 e. The Labute approximate surface area is 115 Å². The second kappa shape index (κ2) is 5.96. The third-order valence-electron chi connectivity index (χ3n) is 3.40. The lowest BCUT2D eigenvalue weighted by atomic mass is 9.99. The summed E-state index contributed by atoms with van der Waals surface area (Å²) in [7, 11) is -3.17. The highest BCUT2D eigenvalue weighted by Crippen LogP contribution is 2.21. The number of aromatic nitrogens is 2. The van der Waals surface area contributed by atoms with Crippen molar-refractivity contribution < 1.29 is 8.42 Å². The van der Waals surface area contributed by atoms with Crippen molar-refractivity contribution in [2.75, 3.05) is 12.8 Å². The fraction of sp³-hybridized carbons (Fsp3) is 0.692. The van der Waals surface area contributed by atoms with Crippen molar-refractivity contribution >= 4 is 9.84 Å². The average molecular weight is 285 g/mol.